The minimum atomic E-state index is 0. The third kappa shape index (κ3) is 2.35. The zero-order valence-electron chi connectivity index (χ0n) is 6.73. The molecule has 1 aromatic heterocycles. The van der Waals surface area contributed by atoms with Crippen LogP contribution in [0.15, 0.2) is 18.2 Å². The highest BCUT2D eigenvalue weighted by atomic mass is 35.5. The van der Waals surface area contributed by atoms with E-state index in [1.807, 2.05) is 18.2 Å². The van der Waals surface area contributed by atoms with Crippen molar-refractivity contribution in [1.29, 1.82) is 0 Å². The number of fused-ring (bicyclic) bond motifs is 1. The normalized spacial score (nSPS) is 9.00. The molecule has 0 bridgehead atoms. The van der Waals surface area contributed by atoms with Crippen LogP contribution in [0.3, 0.4) is 0 Å². The van der Waals surface area contributed by atoms with Crippen molar-refractivity contribution < 1.29 is 5.48 Å². The minimum absolute atomic E-state index is 0. The Bertz CT molecular complexity index is 379. The molecule has 2 rings (SSSR count). The lowest BCUT2D eigenvalue weighted by Crippen LogP contribution is -1.94. The Morgan fingerprint density at radius 3 is 2.62 bits per heavy atom. The largest absolute Gasteiger partial charge is 0.412 e. The summed E-state index contributed by atoms with van der Waals surface area (Å²) in [5, 5.41) is 0. The maximum atomic E-state index is 5.46. The first-order valence-electron chi connectivity index (χ1n) is 3.31. The van der Waals surface area contributed by atoms with E-state index in [4.69, 9.17) is 5.73 Å². The number of hydrogen-bond donors (Lipinski definition) is 1. The zero-order chi connectivity index (χ0) is 7.68. The predicted octanol–water partition coefficient (Wildman–Crippen LogP) is 0.747. The highest BCUT2D eigenvalue weighted by Gasteiger charge is 1.97. The highest BCUT2D eigenvalue weighted by Crippen LogP contribution is 2.12. The van der Waals surface area contributed by atoms with E-state index in [0.29, 0.717) is 6.54 Å². The summed E-state index contributed by atoms with van der Waals surface area (Å²) in [7, 11) is 0. The Kier molecular flexibility index (Phi) is 4.79. The summed E-state index contributed by atoms with van der Waals surface area (Å²) in [6.07, 6.45) is 0. The van der Waals surface area contributed by atoms with Gasteiger partial charge in [0.15, 0.2) is 0 Å². The Balaban J connectivity index is 0.000000720. The monoisotopic (exact) mass is 219 g/mol. The van der Waals surface area contributed by atoms with Crippen LogP contribution < -0.4 is 5.73 Å². The van der Waals surface area contributed by atoms with Crippen LogP contribution in [0.5, 0.6) is 0 Å². The number of halogens is 1. The van der Waals surface area contributed by atoms with Crippen molar-refractivity contribution >= 4 is 35.2 Å². The summed E-state index contributed by atoms with van der Waals surface area (Å²) in [5.41, 5.74) is 8.46. The van der Waals surface area contributed by atoms with Crippen molar-refractivity contribution in [3.8, 4) is 0 Å². The van der Waals surface area contributed by atoms with Crippen LogP contribution in [0.25, 0.3) is 11.0 Å². The lowest BCUT2D eigenvalue weighted by atomic mass is 10.2. The lowest BCUT2D eigenvalue weighted by molar-refractivity contribution is 0.824. The van der Waals surface area contributed by atoms with Gasteiger partial charge in [0, 0.05) is 6.54 Å². The van der Waals surface area contributed by atoms with Gasteiger partial charge in [-0.2, -0.15) is 8.75 Å². The Morgan fingerprint density at radius 1 is 1.23 bits per heavy atom. The SMILES string of the molecule is Cl.NCc1ccc2nsnc2c1.O. The van der Waals surface area contributed by atoms with Gasteiger partial charge in [-0.25, -0.2) is 0 Å². The molecule has 1 aromatic carbocycles. The van der Waals surface area contributed by atoms with Crippen molar-refractivity contribution in [3.05, 3.63) is 23.8 Å². The van der Waals surface area contributed by atoms with E-state index in [9.17, 15) is 0 Å². The molecule has 4 N–H and O–H groups in total. The summed E-state index contributed by atoms with van der Waals surface area (Å²) in [5.74, 6) is 0. The molecule has 2 aromatic rings. The van der Waals surface area contributed by atoms with Crippen LogP contribution in [0.4, 0.5) is 0 Å². The quantitative estimate of drug-likeness (QED) is 0.768. The lowest BCUT2D eigenvalue weighted by Gasteiger charge is -1.92. The maximum absolute atomic E-state index is 5.46. The van der Waals surface area contributed by atoms with Crippen molar-refractivity contribution in [2.24, 2.45) is 5.73 Å². The summed E-state index contributed by atoms with van der Waals surface area (Å²) in [6.45, 7) is 0.563. The Labute approximate surface area is 85.8 Å². The number of aromatic nitrogens is 2. The van der Waals surface area contributed by atoms with Gasteiger partial charge < -0.3 is 11.2 Å². The van der Waals surface area contributed by atoms with E-state index in [0.717, 1.165) is 16.6 Å². The van der Waals surface area contributed by atoms with Gasteiger partial charge in [0.2, 0.25) is 0 Å². The first kappa shape index (κ1) is 12.2. The first-order valence-corrected chi connectivity index (χ1v) is 4.04. The molecule has 0 aliphatic heterocycles. The van der Waals surface area contributed by atoms with E-state index in [2.05, 4.69) is 8.75 Å². The van der Waals surface area contributed by atoms with Gasteiger partial charge in [-0.1, -0.05) is 6.07 Å². The van der Waals surface area contributed by atoms with Crippen molar-refractivity contribution in [1.82, 2.24) is 8.75 Å². The summed E-state index contributed by atoms with van der Waals surface area (Å²) in [4.78, 5) is 0. The number of benzene rings is 1. The molecular formula is C7H10ClN3OS. The standard InChI is InChI=1S/C7H7N3S.ClH.H2O/c8-4-5-1-2-6-7(3-5)10-11-9-6;;/h1-3H,4,8H2;1H;1H2. The van der Waals surface area contributed by atoms with Crippen LogP contribution in [-0.4, -0.2) is 14.2 Å². The molecule has 0 radical (unpaired) electrons. The fourth-order valence-electron chi connectivity index (χ4n) is 0.955. The topological polar surface area (TPSA) is 83.3 Å². The average molecular weight is 220 g/mol. The summed E-state index contributed by atoms with van der Waals surface area (Å²) < 4.78 is 8.19. The molecule has 72 valence electrons. The third-order valence-electron chi connectivity index (χ3n) is 1.55. The third-order valence-corrected chi connectivity index (χ3v) is 2.11. The molecular weight excluding hydrogens is 210 g/mol. The van der Waals surface area contributed by atoms with Crippen molar-refractivity contribution in [2.75, 3.05) is 0 Å². The molecule has 0 fully saturated rings. The maximum Gasteiger partial charge on any atom is 0.105 e. The zero-order valence-corrected chi connectivity index (χ0v) is 8.36. The van der Waals surface area contributed by atoms with E-state index < -0.39 is 0 Å². The molecule has 4 nitrogen and oxygen atoms in total. The molecule has 0 saturated carbocycles. The molecule has 0 spiro atoms. The predicted molar refractivity (Wildman–Crippen MR) is 56.2 cm³/mol. The van der Waals surface area contributed by atoms with Gasteiger partial charge in [-0.15, -0.1) is 12.4 Å². The Hall–Kier alpha value is -0.750. The van der Waals surface area contributed by atoms with Crippen LogP contribution >= 0.6 is 24.1 Å². The van der Waals surface area contributed by atoms with Gasteiger partial charge in [-0.3, -0.25) is 0 Å². The molecule has 0 saturated heterocycles. The minimum Gasteiger partial charge on any atom is -0.412 e. The van der Waals surface area contributed by atoms with Gasteiger partial charge in [0.05, 0.1) is 11.7 Å². The van der Waals surface area contributed by atoms with E-state index in [-0.39, 0.29) is 17.9 Å². The van der Waals surface area contributed by atoms with Gasteiger partial charge in [-0.05, 0) is 17.7 Å². The molecule has 0 atom stereocenters. The molecule has 0 aliphatic carbocycles. The van der Waals surface area contributed by atoms with Gasteiger partial charge in [0.1, 0.15) is 11.0 Å². The van der Waals surface area contributed by atoms with Gasteiger partial charge in [0.25, 0.3) is 0 Å². The van der Waals surface area contributed by atoms with E-state index in [1.165, 1.54) is 11.7 Å². The second kappa shape index (κ2) is 5.08. The Morgan fingerprint density at radius 2 is 1.92 bits per heavy atom. The number of nitrogens with two attached hydrogens (primary N) is 1. The molecule has 0 amide bonds. The van der Waals surface area contributed by atoms with Crippen LogP contribution in [0, 0.1) is 0 Å². The highest BCUT2D eigenvalue weighted by molar-refractivity contribution is 7.00. The first-order chi connectivity index (χ1) is 5.40. The summed E-state index contributed by atoms with van der Waals surface area (Å²) >= 11 is 1.23. The average Bonchev–Trinajstić information content (AvgIpc) is 2.50. The summed E-state index contributed by atoms with van der Waals surface area (Å²) in [6, 6.07) is 5.89. The van der Waals surface area contributed by atoms with Crippen LogP contribution in [0.1, 0.15) is 5.56 Å². The smallest absolute Gasteiger partial charge is 0.105 e. The molecule has 0 aliphatic rings. The number of hydrogen-bond acceptors (Lipinski definition) is 4. The fraction of sp³-hybridized carbons (Fsp3) is 0.143. The van der Waals surface area contributed by atoms with E-state index >= 15 is 0 Å². The molecule has 0 unspecified atom stereocenters. The van der Waals surface area contributed by atoms with Crippen molar-refractivity contribution in [2.45, 2.75) is 6.54 Å². The fourth-order valence-corrected chi connectivity index (χ4v) is 1.47. The second-order valence-electron chi connectivity index (χ2n) is 2.29. The number of nitrogens with zero attached hydrogens (tertiary/aromatic N) is 2. The van der Waals surface area contributed by atoms with Crippen molar-refractivity contribution in [3.63, 3.8) is 0 Å². The molecule has 13 heavy (non-hydrogen) atoms. The van der Waals surface area contributed by atoms with Crippen LogP contribution in [0.2, 0.25) is 0 Å². The second-order valence-corrected chi connectivity index (χ2v) is 2.82. The number of rotatable bonds is 1. The molecule has 1 heterocycles. The van der Waals surface area contributed by atoms with Crippen LogP contribution in [-0.2, 0) is 6.54 Å². The molecule has 6 heteroatoms. The van der Waals surface area contributed by atoms with E-state index in [1.54, 1.807) is 0 Å². The van der Waals surface area contributed by atoms with Gasteiger partial charge >= 0.3 is 0 Å².